The first-order valence-corrected chi connectivity index (χ1v) is 17.6. The molecule has 242 valence electrons. The molecule has 52 heavy (non-hydrogen) atoms. The highest BCUT2D eigenvalue weighted by molar-refractivity contribution is 6.28. The molecule has 11 rings (SSSR count). The zero-order valence-electron chi connectivity index (χ0n) is 28.0. The van der Waals surface area contributed by atoms with Crippen molar-refractivity contribution in [3.05, 3.63) is 176 Å². The fourth-order valence-corrected chi connectivity index (χ4v) is 8.09. The van der Waals surface area contributed by atoms with Crippen LogP contribution >= 0.6 is 0 Å². The summed E-state index contributed by atoms with van der Waals surface area (Å²) in [5.41, 5.74) is 9.78. The molecule has 0 saturated carbocycles. The molecule has 0 aliphatic heterocycles. The first-order valence-electron chi connectivity index (χ1n) is 17.6. The summed E-state index contributed by atoms with van der Waals surface area (Å²) in [5.74, 6) is 0.572. The molecule has 3 aromatic heterocycles. The average Bonchev–Trinajstić information content (AvgIpc) is 3.76. The normalized spacial score (nSPS) is 11.8. The monoisotopic (exact) mass is 663 g/mol. The van der Waals surface area contributed by atoms with Gasteiger partial charge >= 0.3 is 0 Å². The average molecular weight is 664 g/mol. The Bertz CT molecular complexity index is 3070. The number of fused-ring (bicyclic) bond motifs is 10. The smallest absolute Gasteiger partial charge is 0.238 e. The van der Waals surface area contributed by atoms with Gasteiger partial charge in [-0.25, -0.2) is 4.98 Å². The third-order valence-electron chi connectivity index (χ3n) is 10.4. The van der Waals surface area contributed by atoms with E-state index >= 15 is 0 Å². The van der Waals surface area contributed by atoms with Crippen LogP contribution < -0.4 is 0 Å². The van der Waals surface area contributed by atoms with Crippen LogP contribution in [-0.4, -0.2) is 14.5 Å². The van der Waals surface area contributed by atoms with E-state index in [9.17, 15) is 0 Å². The Balaban J connectivity index is 1.27. The van der Waals surface area contributed by atoms with Crippen molar-refractivity contribution in [1.29, 1.82) is 0 Å². The lowest BCUT2D eigenvalue weighted by atomic mass is 9.92. The maximum Gasteiger partial charge on any atom is 0.238 e. The Morgan fingerprint density at radius 1 is 0.404 bits per heavy atom. The Morgan fingerprint density at radius 3 is 1.48 bits per heavy atom. The van der Waals surface area contributed by atoms with Gasteiger partial charge in [-0.1, -0.05) is 152 Å². The highest BCUT2D eigenvalue weighted by atomic mass is 16.3. The quantitative estimate of drug-likeness (QED) is 0.188. The number of benzene rings is 8. The summed E-state index contributed by atoms with van der Waals surface area (Å²) in [6.07, 6.45) is 0. The molecule has 0 bridgehead atoms. The van der Waals surface area contributed by atoms with Gasteiger partial charge in [0.2, 0.25) is 11.7 Å². The number of hydrogen-bond donors (Lipinski definition) is 0. The van der Waals surface area contributed by atoms with Crippen molar-refractivity contribution in [3.8, 4) is 39.5 Å². The van der Waals surface area contributed by atoms with Crippen molar-refractivity contribution >= 4 is 65.4 Å². The Morgan fingerprint density at radius 2 is 0.904 bits per heavy atom. The second kappa shape index (κ2) is 11.2. The minimum Gasteiger partial charge on any atom is -0.437 e. The zero-order valence-corrected chi connectivity index (χ0v) is 28.0. The summed E-state index contributed by atoms with van der Waals surface area (Å²) in [5, 5.41) is 9.08. The van der Waals surface area contributed by atoms with Crippen LogP contribution in [0.15, 0.2) is 180 Å². The molecule has 0 aliphatic carbocycles. The molecule has 4 nitrogen and oxygen atoms in total. The first kappa shape index (κ1) is 28.8. The SMILES string of the molecule is c1ccc(-c2cc3oc4nc(-n5c6ccc7ccccc7c6c6c7ccccc7ccc65)nc(-c5ccccc5)c4c3cc2-c2ccccc2)cc1. The summed E-state index contributed by atoms with van der Waals surface area (Å²) in [7, 11) is 0. The van der Waals surface area contributed by atoms with Crippen LogP contribution in [0.1, 0.15) is 0 Å². The molecule has 0 N–H and O–H groups in total. The second-order valence-electron chi connectivity index (χ2n) is 13.3. The van der Waals surface area contributed by atoms with Crippen molar-refractivity contribution in [2.45, 2.75) is 0 Å². The molecule has 11 aromatic rings. The standard InChI is InChI=1S/C48H29N3O/c1-4-14-30(15-5-1)37-28-39-42(29-38(37)31-16-6-2-7-17-31)52-47-45(39)46(34-20-8-3-9-21-34)49-48(50-47)51-40-26-24-32-18-10-12-22-35(32)43(40)44-36-23-13-11-19-33(36)25-27-41(44)51/h1-29H. The summed E-state index contributed by atoms with van der Waals surface area (Å²) in [6, 6.07) is 62.0. The van der Waals surface area contributed by atoms with Gasteiger partial charge in [-0.05, 0) is 68.1 Å². The Labute approximate surface area is 298 Å². The van der Waals surface area contributed by atoms with Gasteiger partial charge in [-0.15, -0.1) is 0 Å². The van der Waals surface area contributed by atoms with Gasteiger partial charge in [0.1, 0.15) is 5.58 Å². The molecule has 0 saturated heterocycles. The van der Waals surface area contributed by atoms with E-state index in [0.717, 1.165) is 60.9 Å². The summed E-state index contributed by atoms with van der Waals surface area (Å²) in [4.78, 5) is 10.8. The lowest BCUT2D eigenvalue weighted by Crippen LogP contribution is -2.02. The molecule has 8 aromatic carbocycles. The highest BCUT2D eigenvalue weighted by Gasteiger charge is 2.24. The molecular weight excluding hydrogens is 635 g/mol. The van der Waals surface area contributed by atoms with Gasteiger partial charge < -0.3 is 4.42 Å². The van der Waals surface area contributed by atoms with E-state index < -0.39 is 0 Å². The highest BCUT2D eigenvalue weighted by Crippen LogP contribution is 2.44. The largest absolute Gasteiger partial charge is 0.437 e. The minimum absolute atomic E-state index is 0.555. The van der Waals surface area contributed by atoms with Gasteiger partial charge in [0.05, 0.1) is 22.1 Å². The number of rotatable bonds is 4. The molecule has 4 heteroatoms. The van der Waals surface area contributed by atoms with Crippen molar-refractivity contribution in [2.75, 3.05) is 0 Å². The zero-order chi connectivity index (χ0) is 34.2. The summed E-state index contributed by atoms with van der Waals surface area (Å²) < 4.78 is 9.02. The van der Waals surface area contributed by atoms with Crippen molar-refractivity contribution in [2.24, 2.45) is 0 Å². The molecule has 0 amide bonds. The predicted molar refractivity (Wildman–Crippen MR) is 215 cm³/mol. The predicted octanol–water partition coefficient (Wildman–Crippen LogP) is 12.8. The van der Waals surface area contributed by atoms with Crippen LogP contribution in [0, 0.1) is 0 Å². The van der Waals surface area contributed by atoms with Crippen molar-refractivity contribution in [1.82, 2.24) is 14.5 Å². The lowest BCUT2D eigenvalue weighted by Gasteiger charge is -2.12. The number of nitrogens with zero attached hydrogens (tertiary/aromatic N) is 3. The van der Waals surface area contributed by atoms with Crippen LogP contribution in [0.25, 0.3) is 105 Å². The van der Waals surface area contributed by atoms with Crippen LogP contribution in [0.2, 0.25) is 0 Å². The van der Waals surface area contributed by atoms with E-state index in [-0.39, 0.29) is 0 Å². The molecule has 0 atom stereocenters. The Kier molecular flexibility index (Phi) is 6.22. The Hall–Kier alpha value is -7.04. The van der Waals surface area contributed by atoms with Crippen LogP contribution in [-0.2, 0) is 0 Å². The van der Waals surface area contributed by atoms with Gasteiger partial charge in [0.25, 0.3) is 0 Å². The third kappa shape index (κ3) is 4.28. The molecule has 0 unspecified atom stereocenters. The van der Waals surface area contributed by atoms with Gasteiger partial charge in [0, 0.05) is 21.7 Å². The van der Waals surface area contributed by atoms with E-state index in [4.69, 9.17) is 14.4 Å². The van der Waals surface area contributed by atoms with Crippen LogP contribution in [0.5, 0.6) is 0 Å². The van der Waals surface area contributed by atoms with E-state index in [1.807, 2.05) is 6.07 Å². The molecule has 0 spiro atoms. The maximum absolute atomic E-state index is 6.81. The van der Waals surface area contributed by atoms with Gasteiger partial charge in [0.15, 0.2) is 0 Å². The fraction of sp³-hybridized carbons (Fsp3) is 0. The molecule has 0 aliphatic rings. The molecule has 0 fully saturated rings. The number of hydrogen-bond acceptors (Lipinski definition) is 3. The van der Waals surface area contributed by atoms with Crippen molar-refractivity contribution in [3.63, 3.8) is 0 Å². The van der Waals surface area contributed by atoms with Crippen LogP contribution in [0.3, 0.4) is 0 Å². The van der Waals surface area contributed by atoms with Crippen LogP contribution in [0.4, 0.5) is 0 Å². The van der Waals surface area contributed by atoms with E-state index in [0.29, 0.717) is 11.7 Å². The van der Waals surface area contributed by atoms with Gasteiger partial charge in [-0.2, -0.15) is 4.98 Å². The van der Waals surface area contributed by atoms with E-state index in [1.165, 1.54) is 32.3 Å². The summed E-state index contributed by atoms with van der Waals surface area (Å²) >= 11 is 0. The first-order chi connectivity index (χ1) is 25.8. The lowest BCUT2D eigenvalue weighted by molar-refractivity contribution is 0.651. The second-order valence-corrected chi connectivity index (χ2v) is 13.3. The third-order valence-corrected chi connectivity index (χ3v) is 10.4. The molecule has 0 radical (unpaired) electrons. The van der Waals surface area contributed by atoms with E-state index in [2.05, 4.69) is 174 Å². The van der Waals surface area contributed by atoms with Gasteiger partial charge in [-0.3, -0.25) is 4.57 Å². The summed E-state index contributed by atoms with van der Waals surface area (Å²) in [6.45, 7) is 0. The number of aromatic nitrogens is 3. The molecular formula is C48H29N3O. The maximum atomic E-state index is 6.81. The topological polar surface area (TPSA) is 43.9 Å². The van der Waals surface area contributed by atoms with Crippen molar-refractivity contribution < 1.29 is 4.42 Å². The number of furan rings is 1. The minimum atomic E-state index is 0.555. The molecule has 3 heterocycles. The van der Waals surface area contributed by atoms with E-state index in [1.54, 1.807) is 0 Å². The fourth-order valence-electron chi connectivity index (χ4n) is 8.09.